The summed E-state index contributed by atoms with van der Waals surface area (Å²) in [6, 6.07) is 4.76. The van der Waals surface area contributed by atoms with E-state index in [-0.39, 0.29) is 18.3 Å². The van der Waals surface area contributed by atoms with Crippen molar-refractivity contribution < 1.29 is 9.18 Å². The van der Waals surface area contributed by atoms with Gasteiger partial charge in [0.1, 0.15) is 5.82 Å². The molecule has 1 unspecified atom stereocenters. The minimum atomic E-state index is -0.396. The number of nitrogens with one attached hydrogen (secondary N) is 1. The Morgan fingerprint density at radius 1 is 1.56 bits per heavy atom. The van der Waals surface area contributed by atoms with Gasteiger partial charge < -0.3 is 11.1 Å². The molecule has 0 radical (unpaired) electrons. The first-order valence-corrected chi connectivity index (χ1v) is 5.32. The smallest absolute Gasteiger partial charge is 0.219 e. The zero-order valence-electron chi connectivity index (χ0n) is 9.59. The number of carbonyl (C=O) groups excluding carboxylic acids is 1. The van der Waals surface area contributed by atoms with Crippen LogP contribution in [0.25, 0.3) is 0 Å². The molecule has 1 amide bonds. The van der Waals surface area contributed by atoms with Crippen molar-refractivity contribution in [3.63, 3.8) is 0 Å². The Kier molecular flexibility index (Phi) is 4.43. The average Bonchev–Trinajstić information content (AvgIpc) is 2.21. The first-order valence-electron chi connectivity index (χ1n) is 5.32. The van der Waals surface area contributed by atoms with Gasteiger partial charge in [-0.1, -0.05) is 19.1 Å². The van der Waals surface area contributed by atoms with Crippen molar-refractivity contribution in [3.8, 4) is 0 Å². The Bertz CT molecular complexity index is 379. The van der Waals surface area contributed by atoms with E-state index in [1.807, 2.05) is 13.0 Å². The number of hydrogen-bond donors (Lipinski definition) is 2. The highest BCUT2D eigenvalue weighted by Crippen LogP contribution is 2.19. The van der Waals surface area contributed by atoms with E-state index in [1.54, 1.807) is 13.0 Å². The molecule has 3 N–H and O–H groups in total. The Morgan fingerprint density at radius 3 is 2.75 bits per heavy atom. The van der Waals surface area contributed by atoms with E-state index in [2.05, 4.69) is 5.32 Å². The van der Waals surface area contributed by atoms with Gasteiger partial charge in [0.05, 0.1) is 0 Å². The zero-order valence-corrected chi connectivity index (χ0v) is 9.59. The lowest BCUT2D eigenvalue weighted by Crippen LogP contribution is -2.26. The highest BCUT2D eigenvalue weighted by atomic mass is 19.1. The van der Waals surface area contributed by atoms with Crippen molar-refractivity contribution in [3.05, 3.63) is 35.1 Å². The standard InChI is InChI=1S/C12H17FN2O/c1-3-15-11(7-12(14)16)9-5-4-8(2)10(13)6-9/h4-6,11,15H,3,7H2,1-2H3,(H2,14,16). The summed E-state index contributed by atoms with van der Waals surface area (Å²) in [6.07, 6.45) is 0.177. The van der Waals surface area contributed by atoms with Gasteiger partial charge in [-0.05, 0) is 30.7 Å². The SMILES string of the molecule is CCNC(CC(N)=O)c1ccc(C)c(F)c1. The van der Waals surface area contributed by atoms with Gasteiger partial charge in [0.2, 0.25) is 5.91 Å². The second-order valence-corrected chi connectivity index (χ2v) is 3.79. The van der Waals surface area contributed by atoms with Gasteiger partial charge in [0.15, 0.2) is 0 Å². The maximum Gasteiger partial charge on any atom is 0.219 e. The van der Waals surface area contributed by atoms with Crippen molar-refractivity contribution in [2.75, 3.05) is 6.54 Å². The number of rotatable bonds is 5. The number of halogens is 1. The molecule has 4 heteroatoms. The number of benzene rings is 1. The average molecular weight is 224 g/mol. The summed E-state index contributed by atoms with van der Waals surface area (Å²) in [4.78, 5) is 10.9. The lowest BCUT2D eigenvalue weighted by Gasteiger charge is -2.17. The topological polar surface area (TPSA) is 55.1 Å². The van der Waals surface area contributed by atoms with Crippen molar-refractivity contribution >= 4 is 5.91 Å². The third kappa shape index (κ3) is 3.31. The fourth-order valence-corrected chi connectivity index (χ4v) is 1.58. The molecule has 1 rings (SSSR count). The van der Waals surface area contributed by atoms with E-state index in [0.717, 1.165) is 5.56 Å². The van der Waals surface area contributed by atoms with Gasteiger partial charge in [-0.3, -0.25) is 4.79 Å². The molecule has 1 aromatic rings. The molecule has 0 saturated carbocycles. The van der Waals surface area contributed by atoms with Crippen LogP contribution in [0.4, 0.5) is 4.39 Å². The van der Waals surface area contributed by atoms with E-state index in [4.69, 9.17) is 5.73 Å². The number of nitrogens with two attached hydrogens (primary N) is 1. The highest BCUT2D eigenvalue weighted by molar-refractivity contribution is 5.74. The minimum Gasteiger partial charge on any atom is -0.370 e. The molecule has 0 aliphatic heterocycles. The van der Waals surface area contributed by atoms with Gasteiger partial charge in [0.25, 0.3) is 0 Å². The van der Waals surface area contributed by atoms with E-state index >= 15 is 0 Å². The molecule has 1 atom stereocenters. The normalized spacial score (nSPS) is 12.4. The molecule has 1 aromatic carbocycles. The number of hydrogen-bond acceptors (Lipinski definition) is 2. The largest absolute Gasteiger partial charge is 0.370 e. The van der Waals surface area contributed by atoms with Crippen LogP contribution in [-0.2, 0) is 4.79 Å². The van der Waals surface area contributed by atoms with Crippen molar-refractivity contribution in [1.82, 2.24) is 5.32 Å². The molecule has 16 heavy (non-hydrogen) atoms. The molecular formula is C12H17FN2O. The Hall–Kier alpha value is -1.42. The van der Waals surface area contributed by atoms with E-state index < -0.39 is 5.91 Å². The van der Waals surface area contributed by atoms with Crippen LogP contribution < -0.4 is 11.1 Å². The summed E-state index contributed by atoms with van der Waals surface area (Å²) in [5.74, 6) is -0.656. The van der Waals surface area contributed by atoms with Crippen LogP contribution in [0, 0.1) is 12.7 Å². The molecule has 88 valence electrons. The fraction of sp³-hybridized carbons (Fsp3) is 0.417. The maximum absolute atomic E-state index is 13.4. The number of carbonyl (C=O) groups is 1. The molecule has 0 heterocycles. The Balaban J connectivity index is 2.91. The summed E-state index contributed by atoms with van der Waals surface area (Å²) in [5, 5.41) is 3.11. The number of amides is 1. The van der Waals surface area contributed by atoms with Crippen LogP contribution in [0.1, 0.15) is 30.5 Å². The molecule has 3 nitrogen and oxygen atoms in total. The van der Waals surface area contributed by atoms with E-state index in [9.17, 15) is 9.18 Å². The zero-order chi connectivity index (χ0) is 12.1. The van der Waals surface area contributed by atoms with Gasteiger partial charge in [-0.2, -0.15) is 0 Å². The summed E-state index contributed by atoms with van der Waals surface area (Å²) >= 11 is 0. The van der Waals surface area contributed by atoms with Crippen LogP contribution in [0.3, 0.4) is 0 Å². The molecule has 0 bridgehead atoms. The van der Waals surface area contributed by atoms with Gasteiger partial charge in [-0.15, -0.1) is 0 Å². The first-order chi connectivity index (χ1) is 7.54. The molecule has 0 aromatic heterocycles. The van der Waals surface area contributed by atoms with Crippen LogP contribution >= 0.6 is 0 Å². The Labute approximate surface area is 94.8 Å². The van der Waals surface area contributed by atoms with Crippen LogP contribution in [-0.4, -0.2) is 12.5 Å². The summed E-state index contributed by atoms with van der Waals surface area (Å²) in [7, 11) is 0. The number of aryl methyl sites for hydroxylation is 1. The Morgan fingerprint density at radius 2 is 2.25 bits per heavy atom. The summed E-state index contributed by atoms with van der Waals surface area (Å²) < 4.78 is 13.4. The van der Waals surface area contributed by atoms with Crippen LogP contribution in [0.5, 0.6) is 0 Å². The predicted molar refractivity (Wildman–Crippen MR) is 61.4 cm³/mol. The van der Waals surface area contributed by atoms with Gasteiger partial charge >= 0.3 is 0 Å². The monoisotopic (exact) mass is 224 g/mol. The van der Waals surface area contributed by atoms with Crippen molar-refractivity contribution in [2.45, 2.75) is 26.3 Å². The molecular weight excluding hydrogens is 207 g/mol. The second kappa shape index (κ2) is 5.61. The van der Waals surface area contributed by atoms with E-state index in [0.29, 0.717) is 12.1 Å². The third-order valence-corrected chi connectivity index (χ3v) is 2.45. The third-order valence-electron chi connectivity index (χ3n) is 2.45. The predicted octanol–water partition coefficient (Wildman–Crippen LogP) is 1.66. The molecule has 0 saturated heterocycles. The van der Waals surface area contributed by atoms with Crippen LogP contribution in [0.15, 0.2) is 18.2 Å². The minimum absolute atomic E-state index is 0.177. The molecule has 0 spiro atoms. The lowest BCUT2D eigenvalue weighted by molar-refractivity contribution is -0.118. The first kappa shape index (κ1) is 12.6. The highest BCUT2D eigenvalue weighted by Gasteiger charge is 2.14. The quantitative estimate of drug-likeness (QED) is 0.799. The van der Waals surface area contributed by atoms with Crippen molar-refractivity contribution in [1.29, 1.82) is 0 Å². The van der Waals surface area contributed by atoms with Crippen molar-refractivity contribution in [2.24, 2.45) is 5.73 Å². The molecule has 0 fully saturated rings. The summed E-state index contributed by atoms with van der Waals surface area (Å²) in [6.45, 7) is 4.33. The van der Waals surface area contributed by atoms with E-state index in [1.165, 1.54) is 6.07 Å². The van der Waals surface area contributed by atoms with Gasteiger partial charge in [-0.25, -0.2) is 4.39 Å². The van der Waals surface area contributed by atoms with Crippen LogP contribution in [0.2, 0.25) is 0 Å². The second-order valence-electron chi connectivity index (χ2n) is 3.79. The summed E-state index contributed by atoms with van der Waals surface area (Å²) in [5.41, 5.74) is 6.51. The lowest BCUT2D eigenvalue weighted by atomic mass is 10.0. The molecule has 0 aliphatic rings. The fourth-order valence-electron chi connectivity index (χ4n) is 1.58. The van der Waals surface area contributed by atoms with Gasteiger partial charge in [0, 0.05) is 12.5 Å². The number of primary amides is 1. The molecule has 0 aliphatic carbocycles. The maximum atomic E-state index is 13.4.